The van der Waals surface area contributed by atoms with E-state index in [1.807, 2.05) is 11.0 Å². The molecule has 2 nitrogen and oxygen atoms in total. The molecule has 0 aromatic heterocycles. The number of fused-ring (bicyclic) bond motifs is 1. The molecule has 1 aromatic carbocycles. The highest BCUT2D eigenvalue weighted by Gasteiger charge is 2.31. The first-order chi connectivity index (χ1) is 7.74. The third-order valence-electron chi connectivity index (χ3n) is 3.42. The lowest BCUT2D eigenvalue weighted by Gasteiger charge is -2.18. The second kappa shape index (κ2) is 3.58. The van der Waals surface area contributed by atoms with Crippen LogP contribution in [-0.2, 0) is 11.2 Å². The summed E-state index contributed by atoms with van der Waals surface area (Å²) in [6, 6.07) is 4.86. The monoisotopic (exact) mass is 219 g/mol. The van der Waals surface area contributed by atoms with Crippen LogP contribution in [0, 0.1) is 11.7 Å². The van der Waals surface area contributed by atoms with Gasteiger partial charge in [0.05, 0.1) is 6.54 Å². The summed E-state index contributed by atoms with van der Waals surface area (Å²) in [6.45, 7) is 1.30. The molecule has 1 heterocycles. The first-order valence-electron chi connectivity index (χ1n) is 5.80. The molecule has 84 valence electrons. The van der Waals surface area contributed by atoms with Gasteiger partial charge in [-0.15, -0.1) is 0 Å². The number of hydrogen-bond acceptors (Lipinski definition) is 2. The quantitative estimate of drug-likeness (QED) is 0.776. The van der Waals surface area contributed by atoms with Crippen molar-refractivity contribution in [1.29, 1.82) is 0 Å². The molecule has 3 rings (SSSR count). The summed E-state index contributed by atoms with van der Waals surface area (Å²) in [4.78, 5) is 13.7. The zero-order chi connectivity index (χ0) is 11.1. The molecule has 0 spiro atoms. The van der Waals surface area contributed by atoms with Gasteiger partial charge in [-0.25, -0.2) is 4.39 Å². The highest BCUT2D eigenvalue weighted by atomic mass is 19.1. The Kier molecular flexibility index (Phi) is 2.20. The summed E-state index contributed by atoms with van der Waals surface area (Å²) >= 11 is 0. The minimum absolute atomic E-state index is 0.218. The first kappa shape index (κ1) is 9.82. The van der Waals surface area contributed by atoms with Crippen molar-refractivity contribution in [2.45, 2.75) is 19.3 Å². The van der Waals surface area contributed by atoms with Crippen molar-refractivity contribution in [2.24, 2.45) is 5.92 Å². The Morgan fingerprint density at radius 2 is 2.25 bits per heavy atom. The number of nitrogens with zero attached hydrogens (tertiary/aromatic N) is 1. The highest BCUT2D eigenvalue weighted by Crippen LogP contribution is 2.33. The van der Waals surface area contributed by atoms with Gasteiger partial charge in [0.1, 0.15) is 5.82 Å². The maximum absolute atomic E-state index is 13.1. The molecule has 0 N–H and O–H groups in total. The van der Waals surface area contributed by atoms with Crippen LogP contribution in [0.15, 0.2) is 18.2 Å². The predicted molar refractivity (Wildman–Crippen MR) is 60.0 cm³/mol. The van der Waals surface area contributed by atoms with E-state index in [0.29, 0.717) is 12.3 Å². The molecule has 0 atom stereocenters. The van der Waals surface area contributed by atoms with Crippen LogP contribution in [0.25, 0.3) is 0 Å². The largest absolute Gasteiger partial charge is 0.364 e. The van der Waals surface area contributed by atoms with E-state index in [4.69, 9.17) is 0 Å². The predicted octanol–water partition coefficient (Wildman–Crippen LogP) is 2.17. The van der Waals surface area contributed by atoms with Crippen molar-refractivity contribution in [3.05, 3.63) is 29.6 Å². The van der Waals surface area contributed by atoms with E-state index >= 15 is 0 Å². The molecular formula is C13H14FNO. The number of carbonyl (C=O) groups excluding carboxylic acids is 1. The molecule has 16 heavy (non-hydrogen) atoms. The maximum Gasteiger partial charge on any atom is 0.155 e. The zero-order valence-corrected chi connectivity index (χ0v) is 9.08. The van der Waals surface area contributed by atoms with Gasteiger partial charge in [0.2, 0.25) is 0 Å². The SMILES string of the molecule is O=C(CN1CCc2ccc(F)cc21)C1CC1. The zero-order valence-electron chi connectivity index (χ0n) is 9.08. The van der Waals surface area contributed by atoms with Gasteiger partial charge in [-0.2, -0.15) is 0 Å². The van der Waals surface area contributed by atoms with Gasteiger partial charge < -0.3 is 4.90 Å². The molecule has 0 bridgehead atoms. The summed E-state index contributed by atoms with van der Waals surface area (Å²) in [5, 5.41) is 0. The van der Waals surface area contributed by atoms with Crippen LogP contribution >= 0.6 is 0 Å². The minimum Gasteiger partial charge on any atom is -0.364 e. The van der Waals surface area contributed by atoms with Crippen LogP contribution in [0.2, 0.25) is 0 Å². The van der Waals surface area contributed by atoms with Crippen LogP contribution < -0.4 is 4.90 Å². The summed E-state index contributed by atoms with van der Waals surface area (Å²) < 4.78 is 13.1. The second-order valence-electron chi connectivity index (χ2n) is 4.69. The Balaban J connectivity index is 1.79. The molecule has 1 aliphatic carbocycles. The van der Waals surface area contributed by atoms with Crippen LogP contribution in [0.5, 0.6) is 0 Å². The third kappa shape index (κ3) is 1.70. The molecule has 1 aromatic rings. The molecule has 0 radical (unpaired) electrons. The summed E-state index contributed by atoms with van der Waals surface area (Å²) in [5.41, 5.74) is 2.07. The van der Waals surface area contributed by atoms with Crippen LogP contribution in [-0.4, -0.2) is 18.9 Å². The van der Waals surface area contributed by atoms with Crippen molar-refractivity contribution in [3.63, 3.8) is 0 Å². The van der Waals surface area contributed by atoms with Crippen molar-refractivity contribution < 1.29 is 9.18 Å². The Morgan fingerprint density at radius 1 is 1.44 bits per heavy atom. The van der Waals surface area contributed by atoms with E-state index in [0.717, 1.165) is 37.1 Å². The summed E-state index contributed by atoms with van der Waals surface area (Å²) in [7, 11) is 0. The molecule has 0 unspecified atom stereocenters. The van der Waals surface area contributed by atoms with E-state index in [1.165, 1.54) is 6.07 Å². The Morgan fingerprint density at radius 3 is 3.00 bits per heavy atom. The van der Waals surface area contributed by atoms with E-state index in [1.54, 1.807) is 6.07 Å². The standard InChI is InChI=1S/C13H14FNO/c14-11-4-3-9-5-6-15(12(9)7-11)8-13(16)10-1-2-10/h3-4,7,10H,1-2,5-6,8H2. The number of benzene rings is 1. The lowest BCUT2D eigenvalue weighted by atomic mass is 10.1. The van der Waals surface area contributed by atoms with E-state index in [9.17, 15) is 9.18 Å². The molecule has 0 saturated heterocycles. The number of halogens is 1. The van der Waals surface area contributed by atoms with Crippen LogP contribution in [0.1, 0.15) is 18.4 Å². The fraction of sp³-hybridized carbons (Fsp3) is 0.462. The normalized spacial score (nSPS) is 18.7. The number of rotatable bonds is 3. The van der Waals surface area contributed by atoms with Crippen molar-refractivity contribution in [2.75, 3.05) is 18.0 Å². The average Bonchev–Trinajstić information content (AvgIpc) is 3.04. The summed E-state index contributed by atoms with van der Waals surface area (Å²) in [5.74, 6) is 0.388. The van der Waals surface area contributed by atoms with Gasteiger partial charge in [-0.1, -0.05) is 6.07 Å². The molecule has 2 aliphatic rings. The average molecular weight is 219 g/mol. The lowest BCUT2D eigenvalue weighted by Crippen LogP contribution is -2.28. The number of Topliss-reactive ketones (excluding diaryl/α,β-unsaturated/α-hetero) is 1. The number of hydrogen-bond donors (Lipinski definition) is 0. The van der Waals surface area contributed by atoms with Gasteiger partial charge in [-0.3, -0.25) is 4.79 Å². The van der Waals surface area contributed by atoms with Crippen molar-refractivity contribution in [1.82, 2.24) is 0 Å². The maximum atomic E-state index is 13.1. The Bertz CT molecular complexity index is 440. The van der Waals surface area contributed by atoms with Crippen molar-refractivity contribution >= 4 is 11.5 Å². The molecular weight excluding hydrogens is 205 g/mol. The van der Waals surface area contributed by atoms with Crippen LogP contribution in [0.3, 0.4) is 0 Å². The topological polar surface area (TPSA) is 20.3 Å². The minimum atomic E-state index is -0.218. The number of anilines is 1. The second-order valence-corrected chi connectivity index (χ2v) is 4.69. The number of ketones is 1. The van der Waals surface area contributed by atoms with Gasteiger partial charge in [0, 0.05) is 18.2 Å². The Hall–Kier alpha value is -1.38. The lowest BCUT2D eigenvalue weighted by molar-refractivity contribution is -0.118. The van der Waals surface area contributed by atoms with Gasteiger partial charge in [0.25, 0.3) is 0 Å². The summed E-state index contributed by atoms with van der Waals surface area (Å²) in [6.07, 6.45) is 3.01. The van der Waals surface area contributed by atoms with Crippen LogP contribution in [0.4, 0.5) is 10.1 Å². The Labute approximate surface area is 94.1 Å². The number of carbonyl (C=O) groups is 1. The molecule has 0 amide bonds. The molecule has 3 heteroatoms. The molecule has 1 aliphatic heterocycles. The van der Waals surface area contributed by atoms with Gasteiger partial charge >= 0.3 is 0 Å². The molecule has 1 fully saturated rings. The van der Waals surface area contributed by atoms with E-state index < -0.39 is 0 Å². The molecule has 1 saturated carbocycles. The fourth-order valence-corrected chi connectivity index (χ4v) is 2.31. The smallest absolute Gasteiger partial charge is 0.155 e. The highest BCUT2D eigenvalue weighted by molar-refractivity contribution is 5.88. The fourth-order valence-electron chi connectivity index (χ4n) is 2.31. The van der Waals surface area contributed by atoms with E-state index in [-0.39, 0.29) is 11.7 Å². The third-order valence-corrected chi connectivity index (χ3v) is 3.42. The van der Waals surface area contributed by atoms with Gasteiger partial charge in [0.15, 0.2) is 5.78 Å². The van der Waals surface area contributed by atoms with Crippen molar-refractivity contribution in [3.8, 4) is 0 Å². The first-order valence-corrected chi connectivity index (χ1v) is 5.80. The van der Waals surface area contributed by atoms with Gasteiger partial charge in [-0.05, 0) is 37.0 Å². The van der Waals surface area contributed by atoms with E-state index in [2.05, 4.69) is 0 Å².